The maximum atomic E-state index is 6.40. The zero-order chi connectivity index (χ0) is 14.5. The molecule has 0 bridgehead atoms. The number of nitrogens with one attached hydrogen (secondary N) is 1. The monoisotopic (exact) mass is 291 g/mol. The van der Waals surface area contributed by atoms with Crippen LogP contribution in [0.25, 0.3) is 11.1 Å². The molecule has 3 nitrogen and oxygen atoms in total. The molecule has 1 heterocycles. The quantitative estimate of drug-likeness (QED) is 0.868. The minimum atomic E-state index is 0.473. The zero-order valence-electron chi connectivity index (χ0n) is 12.4. The van der Waals surface area contributed by atoms with Crippen LogP contribution in [0.4, 0.5) is 0 Å². The van der Waals surface area contributed by atoms with Gasteiger partial charge in [0.2, 0.25) is 0 Å². The minimum Gasteiger partial charge on any atom is -0.310 e. The summed E-state index contributed by atoms with van der Waals surface area (Å²) < 4.78 is 1.96. The molecule has 0 spiro atoms. The number of rotatable bonds is 6. The zero-order valence-corrected chi connectivity index (χ0v) is 13.1. The van der Waals surface area contributed by atoms with Gasteiger partial charge in [0.15, 0.2) is 0 Å². The molecule has 1 N–H and O–H groups in total. The third-order valence-corrected chi connectivity index (χ3v) is 3.46. The van der Waals surface area contributed by atoms with Crippen molar-refractivity contribution in [3.8, 4) is 11.1 Å². The number of hydrogen-bond donors (Lipinski definition) is 1. The van der Waals surface area contributed by atoms with E-state index in [4.69, 9.17) is 11.6 Å². The Morgan fingerprint density at radius 1 is 1.35 bits per heavy atom. The maximum absolute atomic E-state index is 6.40. The smallest absolute Gasteiger partial charge is 0.0568 e. The summed E-state index contributed by atoms with van der Waals surface area (Å²) in [6.45, 7) is 8.20. The lowest BCUT2D eigenvalue weighted by Crippen LogP contribution is -2.21. The van der Waals surface area contributed by atoms with Crippen molar-refractivity contribution in [1.82, 2.24) is 15.1 Å². The molecule has 108 valence electrons. The van der Waals surface area contributed by atoms with Crippen molar-refractivity contribution >= 4 is 11.6 Å². The minimum absolute atomic E-state index is 0.473. The van der Waals surface area contributed by atoms with Gasteiger partial charge in [-0.15, -0.1) is 0 Å². The van der Waals surface area contributed by atoms with Crippen molar-refractivity contribution in [3.05, 3.63) is 41.2 Å². The summed E-state index contributed by atoms with van der Waals surface area (Å²) in [4.78, 5) is 0. The van der Waals surface area contributed by atoms with E-state index in [0.29, 0.717) is 6.04 Å². The van der Waals surface area contributed by atoms with Gasteiger partial charge in [0, 0.05) is 41.5 Å². The van der Waals surface area contributed by atoms with Gasteiger partial charge < -0.3 is 5.32 Å². The molecule has 2 rings (SSSR count). The van der Waals surface area contributed by atoms with Gasteiger partial charge in [0.25, 0.3) is 0 Å². The van der Waals surface area contributed by atoms with Crippen molar-refractivity contribution in [2.75, 3.05) is 0 Å². The number of aryl methyl sites for hydroxylation is 1. The molecular formula is C16H22ClN3. The van der Waals surface area contributed by atoms with E-state index in [0.717, 1.165) is 35.7 Å². The van der Waals surface area contributed by atoms with Crippen molar-refractivity contribution in [2.24, 2.45) is 0 Å². The highest BCUT2D eigenvalue weighted by atomic mass is 35.5. The van der Waals surface area contributed by atoms with Crippen LogP contribution in [0, 0.1) is 0 Å². The second kappa shape index (κ2) is 6.91. The molecule has 0 atom stereocenters. The van der Waals surface area contributed by atoms with Crippen molar-refractivity contribution in [2.45, 2.75) is 46.3 Å². The number of hydrogen-bond acceptors (Lipinski definition) is 2. The summed E-state index contributed by atoms with van der Waals surface area (Å²) >= 11 is 6.40. The Kier molecular flexibility index (Phi) is 5.21. The van der Waals surface area contributed by atoms with E-state index < -0.39 is 0 Å². The molecule has 0 saturated heterocycles. The van der Waals surface area contributed by atoms with Crippen LogP contribution in [-0.2, 0) is 13.1 Å². The highest BCUT2D eigenvalue weighted by Gasteiger charge is 2.07. The number of halogens is 1. The lowest BCUT2D eigenvalue weighted by molar-refractivity contribution is 0.589. The second-order valence-electron chi connectivity index (χ2n) is 5.34. The lowest BCUT2D eigenvalue weighted by Gasteiger charge is -2.09. The molecule has 0 fully saturated rings. The fourth-order valence-corrected chi connectivity index (χ4v) is 2.39. The topological polar surface area (TPSA) is 29.9 Å². The van der Waals surface area contributed by atoms with E-state index in [9.17, 15) is 0 Å². The lowest BCUT2D eigenvalue weighted by atomic mass is 10.1. The first-order valence-corrected chi connectivity index (χ1v) is 7.52. The summed E-state index contributed by atoms with van der Waals surface area (Å²) in [5.41, 5.74) is 3.32. The summed E-state index contributed by atoms with van der Waals surface area (Å²) in [5.74, 6) is 0. The first-order valence-electron chi connectivity index (χ1n) is 7.14. The Hall–Kier alpha value is -1.32. The molecule has 0 unspecified atom stereocenters. The summed E-state index contributed by atoms with van der Waals surface area (Å²) in [6.07, 6.45) is 5.01. The normalized spacial score (nSPS) is 11.2. The van der Waals surface area contributed by atoms with Crippen LogP contribution in [0.3, 0.4) is 0 Å². The molecule has 0 saturated carbocycles. The number of aromatic nitrogens is 2. The van der Waals surface area contributed by atoms with E-state index in [1.807, 2.05) is 16.9 Å². The van der Waals surface area contributed by atoms with Crippen molar-refractivity contribution < 1.29 is 0 Å². The van der Waals surface area contributed by atoms with Gasteiger partial charge in [-0.2, -0.15) is 5.10 Å². The Bertz CT molecular complexity index is 561. The molecule has 0 amide bonds. The van der Waals surface area contributed by atoms with Crippen molar-refractivity contribution in [3.63, 3.8) is 0 Å². The third-order valence-electron chi connectivity index (χ3n) is 3.14. The fraction of sp³-hybridized carbons (Fsp3) is 0.438. The highest BCUT2D eigenvalue weighted by molar-refractivity contribution is 6.33. The third kappa shape index (κ3) is 3.84. The van der Waals surface area contributed by atoms with E-state index in [-0.39, 0.29) is 0 Å². The van der Waals surface area contributed by atoms with Crippen LogP contribution >= 0.6 is 11.6 Å². The Balaban J connectivity index is 2.15. The summed E-state index contributed by atoms with van der Waals surface area (Å²) in [5, 5.41) is 8.53. The SMILES string of the molecule is CCCn1cc(-c2ccc(CNC(C)C)cc2Cl)cn1. The molecule has 20 heavy (non-hydrogen) atoms. The molecule has 0 aliphatic heterocycles. The molecule has 4 heteroatoms. The number of benzene rings is 1. The molecule has 1 aromatic heterocycles. The predicted octanol–water partition coefficient (Wildman–Crippen LogP) is 4.11. The van der Waals surface area contributed by atoms with E-state index in [1.165, 1.54) is 5.56 Å². The van der Waals surface area contributed by atoms with E-state index in [1.54, 1.807) is 0 Å². The maximum Gasteiger partial charge on any atom is 0.0568 e. The van der Waals surface area contributed by atoms with Crippen LogP contribution in [0.2, 0.25) is 5.02 Å². The van der Waals surface area contributed by atoms with Gasteiger partial charge in [-0.05, 0) is 18.1 Å². The van der Waals surface area contributed by atoms with Gasteiger partial charge in [-0.3, -0.25) is 4.68 Å². The first-order chi connectivity index (χ1) is 9.60. The van der Waals surface area contributed by atoms with Crippen molar-refractivity contribution in [1.29, 1.82) is 0 Å². The van der Waals surface area contributed by atoms with Gasteiger partial charge in [0.05, 0.1) is 6.20 Å². The molecule has 0 aliphatic carbocycles. The Morgan fingerprint density at radius 3 is 2.80 bits per heavy atom. The average Bonchev–Trinajstić information content (AvgIpc) is 2.85. The molecule has 0 radical (unpaired) electrons. The predicted molar refractivity (Wildman–Crippen MR) is 84.9 cm³/mol. The highest BCUT2D eigenvalue weighted by Crippen LogP contribution is 2.28. The van der Waals surface area contributed by atoms with Crippen LogP contribution in [0.1, 0.15) is 32.8 Å². The largest absolute Gasteiger partial charge is 0.310 e. The standard InChI is InChI=1S/C16H22ClN3/c1-4-7-20-11-14(10-19-20)15-6-5-13(8-16(15)17)9-18-12(2)3/h5-6,8,10-12,18H,4,7,9H2,1-3H3. The number of nitrogens with zero attached hydrogens (tertiary/aromatic N) is 2. The summed E-state index contributed by atoms with van der Waals surface area (Å²) in [6, 6.07) is 6.70. The van der Waals surface area contributed by atoms with E-state index >= 15 is 0 Å². The Morgan fingerprint density at radius 2 is 2.15 bits per heavy atom. The average molecular weight is 292 g/mol. The van der Waals surface area contributed by atoms with Gasteiger partial charge in [-0.1, -0.05) is 44.5 Å². The summed E-state index contributed by atoms with van der Waals surface area (Å²) in [7, 11) is 0. The molecule has 2 aromatic rings. The van der Waals surface area contributed by atoms with Crippen LogP contribution < -0.4 is 5.32 Å². The van der Waals surface area contributed by atoms with Gasteiger partial charge in [-0.25, -0.2) is 0 Å². The van der Waals surface area contributed by atoms with Crippen LogP contribution in [-0.4, -0.2) is 15.8 Å². The Labute approximate surface area is 126 Å². The molecular weight excluding hydrogens is 270 g/mol. The van der Waals surface area contributed by atoms with Crippen LogP contribution in [0.5, 0.6) is 0 Å². The van der Waals surface area contributed by atoms with Gasteiger partial charge in [0.1, 0.15) is 0 Å². The molecule has 1 aromatic carbocycles. The first kappa shape index (κ1) is 15.1. The fourth-order valence-electron chi connectivity index (χ4n) is 2.08. The van der Waals surface area contributed by atoms with Gasteiger partial charge >= 0.3 is 0 Å². The van der Waals surface area contributed by atoms with Crippen LogP contribution in [0.15, 0.2) is 30.6 Å². The van der Waals surface area contributed by atoms with E-state index in [2.05, 4.69) is 49.5 Å². The molecule has 0 aliphatic rings. The second-order valence-corrected chi connectivity index (χ2v) is 5.75.